The maximum atomic E-state index is 10.9. The predicted octanol–water partition coefficient (Wildman–Crippen LogP) is 3.07. The minimum Gasteiger partial charge on any atom is -0.393 e. The molecule has 3 N–H and O–H groups in total. The van der Waals surface area contributed by atoms with Crippen LogP contribution in [0, 0.1) is 17.3 Å². The molecule has 0 aromatic carbocycles. The molecular weight excluding hydrogens is 272 g/mol. The van der Waals surface area contributed by atoms with Crippen molar-refractivity contribution >= 4 is 0 Å². The molecule has 0 spiro atoms. The smallest absolute Gasteiger partial charge is 0.0603 e. The number of unbranched alkanes of at least 4 members (excludes halogenated alkanes) is 1. The second-order valence-corrected chi connectivity index (χ2v) is 8.88. The molecule has 1 aliphatic heterocycles. The van der Waals surface area contributed by atoms with Gasteiger partial charge in [-0.2, -0.15) is 0 Å². The summed E-state index contributed by atoms with van der Waals surface area (Å²) in [6, 6.07) is 1.70. The Bertz CT molecular complexity index is 370. The summed E-state index contributed by atoms with van der Waals surface area (Å²) in [4.78, 5) is 0. The van der Waals surface area contributed by atoms with Gasteiger partial charge < -0.3 is 15.7 Å². The maximum absolute atomic E-state index is 10.9. The van der Waals surface area contributed by atoms with E-state index < -0.39 is 0 Å². The first-order valence-electron chi connectivity index (χ1n) is 9.69. The average Bonchev–Trinajstić information content (AvgIpc) is 2.45. The topological polar surface area (TPSA) is 44.3 Å². The summed E-state index contributed by atoms with van der Waals surface area (Å²) >= 11 is 0. The number of hydrogen-bond donors (Lipinski definition) is 3. The highest BCUT2D eigenvalue weighted by atomic mass is 16.3. The quantitative estimate of drug-likeness (QED) is 0.699. The molecule has 0 radical (unpaired) electrons. The summed E-state index contributed by atoms with van der Waals surface area (Å²) in [5.74, 6) is 1.13. The van der Waals surface area contributed by atoms with Crippen molar-refractivity contribution in [2.75, 3.05) is 6.54 Å². The molecule has 0 bridgehead atoms. The van der Waals surface area contributed by atoms with Crippen LogP contribution in [-0.2, 0) is 0 Å². The van der Waals surface area contributed by atoms with Crippen molar-refractivity contribution in [1.82, 2.24) is 10.6 Å². The van der Waals surface area contributed by atoms with Crippen molar-refractivity contribution in [2.24, 2.45) is 17.3 Å². The van der Waals surface area contributed by atoms with E-state index in [9.17, 15) is 5.11 Å². The number of rotatable bonds is 4. The summed E-state index contributed by atoms with van der Waals surface area (Å²) in [7, 11) is 0. The number of nitrogens with one attached hydrogen (secondary N) is 2. The third-order valence-corrected chi connectivity index (χ3v) is 6.48. The molecule has 2 aliphatic carbocycles. The lowest BCUT2D eigenvalue weighted by Gasteiger charge is -2.56. The summed E-state index contributed by atoms with van der Waals surface area (Å²) < 4.78 is 0. The molecule has 6 atom stereocenters. The van der Waals surface area contributed by atoms with Crippen molar-refractivity contribution in [3.63, 3.8) is 0 Å². The number of aliphatic hydroxyl groups excluding tert-OH is 1. The van der Waals surface area contributed by atoms with Gasteiger partial charge in [0.2, 0.25) is 0 Å². The van der Waals surface area contributed by atoms with Gasteiger partial charge in [0.1, 0.15) is 0 Å². The molecule has 0 aromatic heterocycles. The first-order valence-corrected chi connectivity index (χ1v) is 9.69. The molecule has 1 saturated heterocycles. The van der Waals surface area contributed by atoms with Crippen molar-refractivity contribution < 1.29 is 5.11 Å². The van der Waals surface area contributed by atoms with E-state index in [1.165, 1.54) is 44.9 Å². The molecule has 0 amide bonds. The van der Waals surface area contributed by atoms with E-state index in [1.54, 1.807) is 0 Å². The third-order valence-electron chi connectivity index (χ3n) is 6.48. The number of fused-ring (bicyclic) bond motifs is 2. The van der Waals surface area contributed by atoms with Crippen LogP contribution in [0.3, 0.4) is 0 Å². The van der Waals surface area contributed by atoms with Crippen molar-refractivity contribution in [3.8, 4) is 0 Å². The van der Waals surface area contributed by atoms with E-state index in [0.29, 0.717) is 24.0 Å². The summed E-state index contributed by atoms with van der Waals surface area (Å²) in [5, 5.41) is 18.7. The van der Waals surface area contributed by atoms with Crippen LogP contribution in [0.5, 0.6) is 0 Å². The SMILES string of the molecule is CCCCNC1C2CCCCC2NC2CC(C)(C)C[C@H](O)C21. The highest BCUT2D eigenvalue weighted by molar-refractivity contribution is 5.08. The molecule has 128 valence electrons. The zero-order valence-electron chi connectivity index (χ0n) is 14.8. The largest absolute Gasteiger partial charge is 0.393 e. The van der Waals surface area contributed by atoms with Crippen LogP contribution < -0.4 is 10.6 Å². The van der Waals surface area contributed by atoms with Crippen molar-refractivity contribution in [2.45, 2.75) is 96.4 Å². The van der Waals surface area contributed by atoms with E-state index in [0.717, 1.165) is 18.9 Å². The van der Waals surface area contributed by atoms with Crippen LogP contribution in [0.1, 0.15) is 72.1 Å². The van der Waals surface area contributed by atoms with E-state index in [1.807, 2.05) is 0 Å². The molecule has 3 heteroatoms. The van der Waals surface area contributed by atoms with Gasteiger partial charge in [-0.1, -0.05) is 40.0 Å². The fourth-order valence-electron chi connectivity index (χ4n) is 5.53. The average molecular weight is 309 g/mol. The lowest BCUT2D eigenvalue weighted by molar-refractivity contribution is -0.0660. The molecule has 1 heterocycles. The molecule has 3 aliphatic rings. The van der Waals surface area contributed by atoms with Gasteiger partial charge in [0.15, 0.2) is 0 Å². The molecule has 22 heavy (non-hydrogen) atoms. The summed E-state index contributed by atoms with van der Waals surface area (Å²) in [6.45, 7) is 8.01. The van der Waals surface area contributed by atoms with Gasteiger partial charge in [0.05, 0.1) is 6.10 Å². The lowest BCUT2D eigenvalue weighted by atomic mass is 9.60. The molecular formula is C19H36N2O. The number of piperidine rings is 1. The van der Waals surface area contributed by atoms with Crippen molar-refractivity contribution in [1.29, 1.82) is 0 Å². The maximum Gasteiger partial charge on any atom is 0.0603 e. The van der Waals surface area contributed by atoms with Crippen LogP contribution >= 0.6 is 0 Å². The minimum atomic E-state index is -0.150. The molecule has 3 rings (SSSR count). The first kappa shape index (κ1) is 16.7. The van der Waals surface area contributed by atoms with Crippen LogP contribution in [0.4, 0.5) is 0 Å². The van der Waals surface area contributed by atoms with E-state index in [-0.39, 0.29) is 11.5 Å². The van der Waals surface area contributed by atoms with E-state index in [2.05, 4.69) is 31.4 Å². The third kappa shape index (κ3) is 3.37. The predicted molar refractivity (Wildman–Crippen MR) is 91.9 cm³/mol. The Morgan fingerprint density at radius 3 is 2.68 bits per heavy atom. The summed E-state index contributed by atoms with van der Waals surface area (Å²) in [5.41, 5.74) is 0.267. The van der Waals surface area contributed by atoms with Crippen molar-refractivity contribution in [3.05, 3.63) is 0 Å². The first-order chi connectivity index (χ1) is 10.5. The van der Waals surface area contributed by atoms with Crippen LogP contribution in [-0.4, -0.2) is 35.9 Å². The highest BCUT2D eigenvalue weighted by Gasteiger charge is 2.51. The zero-order chi connectivity index (χ0) is 15.7. The van der Waals surface area contributed by atoms with Gasteiger partial charge >= 0.3 is 0 Å². The minimum absolute atomic E-state index is 0.150. The van der Waals surface area contributed by atoms with Gasteiger partial charge in [-0.15, -0.1) is 0 Å². The molecule has 3 fully saturated rings. The van der Waals surface area contributed by atoms with E-state index >= 15 is 0 Å². The number of hydrogen-bond acceptors (Lipinski definition) is 3. The second kappa shape index (κ2) is 6.78. The van der Waals surface area contributed by atoms with Gasteiger partial charge in [-0.25, -0.2) is 0 Å². The van der Waals surface area contributed by atoms with Crippen LogP contribution in [0.15, 0.2) is 0 Å². The zero-order valence-corrected chi connectivity index (χ0v) is 14.8. The fraction of sp³-hybridized carbons (Fsp3) is 1.00. The van der Waals surface area contributed by atoms with Gasteiger partial charge in [0.25, 0.3) is 0 Å². The highest BCUT2D eigenvalue weighted by Crippen LogP contribution is 2.46. The van der Waals surface area contributed by atoms with E-state index in [4.69, 9.17) is 0 Å². The van der Waals surface area contributed by atoms with Crippen LogP contribution in [0.25, 0.3) is 0 Å². The standard InChI is InChI=1S/C19H36N2O/c1-4-5-10-20-18-13-8-6-7-9-14(13)21-15-11-19(2,3)12-16(22)17(15)18/h13-18,20-22H,4-12H2,1-3H3/t13?,14?,15?,16-,17?,18?/m0/s1. The number of aliphatic hydroxyl groups is 1. The Labute approximate surface area is 136 Å². The molecule has 5 unspecified atom stereocenters. The van der Waals surface area contributed by atoms with Gasteiger partial charge in [-0.3, -0.25) is 0 Å². The Kier molecular flexibility index (Phi) is 5.16. The Morgan fingerprint density at radius 2 is 1.91 bits per heavy atom. The Morgan fingerprint density at radius 1 is 1.14 bits per heavy atom. The molecule has 2 saturated carbocycles. The Hall–Kier alpha value is -0.120. The van der Waals surface area contributed by atoms with Gasteiger partial charge in [-0.05, 0) is 50.0 Å². The van der Waals surface area contributed by atoms with Crippen LogP contribution in [0.2, 0.25) is 0 Å². The monoisotopic (exact) mass is 308 g/mol. The fourth-order valence-corrected chi connectivity index (χ4v) is 5.53. The van der Waals surface area contributed by atoms with Gasteiger partial charge in [0, 0.05) is 24.0 Å². The second-order valence-electron chi connectivity index (χ2n) is 8.88. The normalized spacial score (nSPS) is 44.2. The Balaban J connectivity index is 1.78. The molecule has 0 aromatic rings. The lowest BCUT2D eigenvalue weighted by Crippen LogP contribution is -2.68. The summed E-state index contributed by atoms with van der Waals surface area (Å²) in [6.07, 6.45) is 9.92. The molecule has 3 nitrogen and oxygen atoms in total.